The number of hydrogen-bond acceptors (Lipinski definition) is 4. The van der Waals surface area contributed by atoms with Crippen LogP contribution in [-0.4, -0.2) is 26.2 Å². The number of para-hydroxylation sites is 1. The third-order valence-electron chi connectivity index (χ3n) is 3.14. The summed E-state index contributed by atoms with van der Waals surface area (Å²) in [6, 6.07) is 8.68. The molecule has 1 aromatic heterocycles. The number of aromatic nitrogens is 4. The smallest absolute Gasteiger partial charge is 0.170 e. The zero-order valence-corrected chi connectivity index (χ0v) is 12.9. The molecule has 5 heteroatoms. The lowest BCUT2D eigenvalue weighted by Crippen LogP contribution is -2.24. The van der Waals surface area contributed by atoms with Crippen molar-refractivity contribution in [1.82, 2.24) is 25.5 Å². The molecule has 2 rings (SSSR count). The molecule has 0 radical (unpaired) electrons. The fourth-order valence-corrected chi connectivity index (χ4v) is 2.09. The molecule has 0 aliphatic heterocycles. The van der Waals surface area contributed by atoms with E-state index in [1.165, 1.54) is 5.56 Å². The van der Waals surface area contributed by atoms with E-state index in [1.807, 2.05) is 10.7 Å². The van der Waals surface area contributed by atoms with Crippen molar-refractivity contribution < 1.29 is 0 Å². The van der Waals surface area contributed by atoms with Gasteiger partial charge >= 0.3 is 0 Å². The second-order valence-electron chi connectivity index (χ2n) is 6.31. The zero-order chi connectivity index (χ0) is 14.8. The summed E-state index contributed by atoms with van der Waals surface area (Å²) < 4.78 is 1.83. The van der Waals surface area contributed by atoms with E-state index in [0.29, 0.717) is 12.6 Å². The summed E-state index contributed by atoms with van der Waals surface area (Å²) in [6.07, 6.45) is 0. The van der Waals surface area contributed by atoms with Crippen LogP contribution in [0.1, 0.15) is 46.0 Å². The van der Waals surface area contributed by atoms with Crippen LogP contribution >= 0.6 is 0 Å². The lowest BCUT2D eigenvalue weighted by molar-refractivity contribution is 0.554. The summed E-state index contributed by atoms with van der Waals surface area (Å²) in [5.41, 5.74) is 2.33. The molecule has 0 saturated heterocycles. The minimum absolute atomic E-state index is 0.0469. The molecule has 0 fully saturated rings. The molecular weight excluding hydrogens is 250 g/mol. The molecule has 108 valence electrons. The predicted octanol–water partition coefficient (Wildman–Crippen LogP) is 2.46. The van der Waals surface area contributed by atoms with Crippen LogP contribution in [0.15, 0.2) is 24.3 Å². The van der Waals surface area contributed by atoms with E-state index in [2.05, 4.69) is 73.7 Å². The number of benzene rings is 1. The first kappa shape index (κ1) is 14.7. The summed E-state index contributed by atoms with van der Waals surface area (Å²) in [7, 11) is 0. The highest BCUT2D eigenvalue weighted by atomic mass is 15.5. The SMILES string of the molecule is CC(C)NCc1nnnn1-c1ccccc1C(C)(C)C. The van der Waals surface area contributed by atoms with Gasteiger partial charge in [0, 0.05) is 6.04 Å². The van der Waals surface area contributed by atoms with Gasteiger partial charge in [0.15, 0.2) is 5.82 Å². The Morgan fingerprint density at radius 1 is 1.20 bits per heavy atom. The molecule has 5 nitrogen and oxygen atoms in total. The van der Waals surface area contributed by atoms with Gasteiger partial charge in [-0.3, -0.25) is 0 Å². The lowest BCUT2D eigenvalue weighted by atomic mass is 9.86. The zero-order valence-electron chi connectivity index (χ0n) is 12.9. The molecule has 0 aliphatic carbocycles. The molecule has 1 N–H and O–H groups in total. The second-order valence-corrected chi connectivity index (χ2v) is 6.31. The van der Waals surface area contributed by atoms with E-state index in [0.717, 1.165) is 11.5 Å². The molecule has 0 amide bonds. The Hall–Kier alpha value is -1.75. The van der Waals surface area contributed by atoms with Crippen molar-refractivity contribution in [1.29, 1.82) is 0 Å². The molecule has 0 aliphatic rings. The molecule has 20 heavy (non-hydrogen) atoms. The van der Waals surface area contributed by atoms with Gasteiger partial charge in [0.2, 0.25) is 0 Å². The van der Waals surface area contributed by atoms with E-state index in [4.69, 9.17) is 0 Å². The number of nitrogens with zero attached hydrogens (tertiary/aromatic N) is 4. The molecule has 0 unspecified atom stereocenters. The van der Waals surface area contributed by atoms with Gasteiger partial charge in [-0.15, -0.1) is 5.10 Å². The van der Waals surface area contributed by atoms with Crippen LogP contribution in [0.5, 0.6) is 0 Å². The minimum Gasteiger partial charge on any atom is -0.308 e. The first-order valence-electron chi connectivity index (χ1n) is 7.00. The van der Waals surface area contributed by atoms with Gasteiger partial charge in [0.25, 0.3) is 0 Å². The van der Waals surface area contributed by atoms with Gasteiger partial charge in [-0.1, -0.05) is 52.8 Å². The van der Waals surface area contributed by atoms with Crippen molar-refractivity contribution in [2.24, 2.45) is 0 Å². The molecule has 0 atom stereocenters. The Bertz CT molecular complexity index is 566. The molecule has 0 saturated carbocycles. The van der Waals surface area contributed by atoms with Gasteiger partial charge in [0.05, 0.1) is 12.2 Å². The fraction of sp³-hybridized carbons (Fsp3) is 0.533. The van der Waals surface area contributed by atoms with Crippen LogP contribution < -0.4 is 5.32 Å². The van der Waals surface area contributed by atoms with E-state index < -0.39 is 0 Å². The van der Waals surface area contributed by atoms with Crippen LogP contribution in [-0.2, 0) is 12.0 Å². The normalized spacial score (nSPS) is 12.1. The second kappa shape index (κ2) is 5.71. The quantitative estimate of drug-likeness (QED) is 0.929. The molecule has 1 aromatic carbocycles. The summed E-state index contributed by atoms with van der Waals surface area (Å²) in [6.45, 7) is 11.5. The Morgan fingerprint density at radius 2 is 1.90 bits per heavy atom. The Morgan fingerprint density at radius 3 is 2.55 bits per heavy atom. The average molecular weight is 273 g/mol. The Kier molecular flexibility index (Phi) is 4.18. The average Bonchev–Trinajstić information content (AvgIpc) is 2.83. The minimum atomic E-state index is 0.0469. The van der Waals surface area contributed by atoms with Gasteiger partial charge in [-0.05, 0) is 27.5 Å². The molecular formula is C15H23N5. The summed E-state index contributed by atoms with van der Waals surface area (Å²) in [5, 5.41) is 15.5. The van der Waals surface area contributed by atoms with Crippen molar-refractivity contribution in [2.75, 3.05) is 0 Å². The maximum absolute atomic E-state index is 4.15. The number of rotatable bonds is 4. The summed E-state index contributed by atoms with van der Waals surface area (Å²) in [5.74, 6) is 0.829. The van der Waals surface area contributed by atoms with E-state index in [-0.39, 0.29) is 5.41 Å². The van der Waals surface area contributed by atoms with Crippen molar-refractivity contribution >= 4 is 0 Å². The maximum atomic E-state index is 4.15. The van der Waals surface area contributed by atoms with Crippen LogP contribution in [0, 0.1) is 0 Å². The highest BCUT2D eigenvalue weighted by Gasteiger charge is 2.20. The van der Waals surface area contributed by atoms with Crippen LogP contribution in [0.2, 0.25) is 0 Å². The highest BCUT2D eigenvalue weighted by molar-refractivity contribution is 5.44. The first-order valence-corrected chi connectivity index (χ1v) is 7.00. The Labute approximate surface area is 120 Å². The maximum Gasteiger partial charge on any atom is 0.170 e. The van der Waals surface area contributed by atoms with Gasteiger partial charge < -0.3 is 5.32 Å². The van der Waals surface area contributed by atoms with Crippen LogP contribution in [0.25, 0.3) is 5.69 Å². The van der Waals surface area contributed by atoms with Gasteiger partial charge in [0.1, 0.15) is 0 Å². The Balaban J connectivity index is 2.40. The standard InChI is InChI=1S/C15H23N5/c1-11(2)16-10-14-17-18-19-20(14)13-9-7-6-8-12(13)15(3,4)5/h6-9,11,16H,10H2,1-5H3. The number of nitrogens with one attached hydrogen (secondary N) is 1. The lowest BCUT2D eigenvalue weighted by Gasteiger charge is -2.22. The first-order chi connectivity index (χ1) is 9.39. The summed E-state index contributed by atoms with van der Waals surface area (Å²) >= 11 is 0. The van der Waals surface area contributed by atoms with Crippen molar-refractivity contribution in [3.8, 4) is 5.69 Å². The van der Waals surface area contributed by atoms with Crippen LogP contribution in [0.4, 0.5) is 0 Å². The molecule has 2 aromatic rings. The monoisotopic (exact) mass is 273 g/mol. The predicted molar refractivity (Wildman–Crippen MR) is 79.8 cm³/mol. The third-order valence-corrected chi connectivity index (χ3v) is 3.14. The number of tetrazole rings is 1. The molecule has 0 bridgehead atoms. The molecule has 0 spiro atoms. The van der Waals surface area contributed by atoms with Crippen molar-refractivity contribution in [2.45, 2.75) is 52.6 Å². The largest absolute Gasteiger partial charge is 0.308 e. The van der Waals surface area contributed by atoms with E-state index in [9.17, 15) is 0 Å². The van der Waals surface area contributed by atoms with Crippen molar-refractivity contribution in [3.63, 3.8) is 0 Å². The topological polar surface area (TPSA) is 55.6 Å². The van der Waals surface area contributed by atoms with Gasteiger partial charge in [-0.2, -0.15) is 4.68 Å². The van der Waals surface area contributed by atoms with E-state index in [1.54, 1.807) is 0 Å². The van der Waals surface area contributed by atoms with Crippen molar-refractivity contribution in [3.05, 3.63) is 35.7 Å². The fourth-order valence-electron chi connectivity index (χ4n) is 2.09. The van der Waals surface area contributed by atoms with Crippen LogP contribution in [0.3, 0.4) is 0 Å². The molecule has 1 heterocycles. The van der Waals surface area contributed by atoms with Gasteiger partial charge in [-0.25, -0.2) is 0 Å². The van der Waals surface area contributed by atoms with E-state index >= 15 is 0 Å². The third kappa shape index (κ3) is 3.22. The highest BCUT2D eigenvalue weighted by Crippen LogP contribution is 2.28. The number of hydrogen-bond donors (Lipinski definition) is 1. The summed E-state index contributed by atoms with van der Waals surface area (Å²) in [4.78, 5) is 0.